The van der Waals surface area contributed by atoms with Gasteiger partial charge in [0, 0.05) is 11.3 Å². The number of hydrazine groups is 1. The Kier molecular flexibility index (Phi) is 5.17. The summed E-state index contributed by atoms with van der Waals surface area (Å²) in [5.74, 6) is 0.175. The number of rotatable bonds is 4. The minimum Gasteiger partial charge on any atom is -0.273 e. The lowest BCUT2D eigenvalue weighted by atomic mass is 10.0. The highest BCUT2D eigenvalue weighted by Crippen LogP contribution is 2.27. The van der Waals surface area contributed by atoms with Gasteiger partial charge in [-0.3, -0.25) is 20.4 Å². The van der Waals surface area contributed by atoms with E-state index in [0.29, 0.717) is 17.2 Å². The van der Waals surface area contributed by atoms with Crippen molar-refractivity contribution < 1.29 is 9.59 Å². The van der Waals surface area contributed by atoms with Crippen LogP contribution in [0.3, 0.4) is 0 Å². The van der Waals surface area contributed by atoms with Crippen LogP contribution in [0.5, 0.6) is 0 Å². The molecule has 2 amide bonds. The van der Waals surface area contributed by atoms with E-state index in [1.165, 1.54) is 29.1 Å². The molecule has 110 valence electrons. The van der Waals surface area contributed by atoms with Crippen molar-refractivity contribution in [3.05, 3.63) is 21.4 Å². The van der Waals surface area contributed by atoms with Gasteiger partial charge in [-0.05, 0) is 43.7 Å². The molecule has 2 rings (SSSR count). The average Bonchev–Trinajstić information content (AvgIpc) is 3.05. The molecule has 0 aromatic carbocycles. The topological polar surface area (TPSA) is 58.2 Å². The molecule has 5 heteroatoms. The first-order chi connectivity index (χ1) is 9.60. The molecule has 1 fully saturated rings. The third kappa shape index (κ3) is 3.82. The largest absolute Gasteiger partial charge is 0.279 e. The summed E-state index contributed by atoms with van der Waals surface area (Å²) in [7, 11) is 0. The fourth-order valence-electron chi connectivity index (χ4n) is 2.70. The maximum Gasteiger partial charge on any atom is 0.279 e. The zero-order valence-corrected chi connectivity index (χ0v) is 12.9. The Labute approximate surface area is 123 Å². The van der Waals surface area contributed by atoms with Gasteiger partial charge in [0.1, 0.15) is 0 Å². The lowest BCUT2D eigenvalue weighted by Crippen LogP contribution is -2.41. The molecule has 1 aromatic rings. The van der Waals surface area contributed by atoms with Crippen molar-refractivity contribution in [2.45, 2.75) is 52.4 Å². The van der Waals surface area contributed by atoms with Crippen molar-refractivity contribution in [1.82, 2.24) is 10.9 Å². The molecular weight excluding hydrogens is 272 g/mol. The summed E-state index contributed by atoms with van der Waals surface area (Å²) in [5.41, 5.74) is 6.17. The summed E-state index contributed by atoms with van der Waals surface area (Å²) in [6, 6.07) is 1.88. The molecule has 0 unspecified atom stereocenters. The third-order valence-corrected chi connectivity index (χ3v) is 5.21. The molecular formula is C15H22N2O2S. The van der Waals surface area contributed by atoms with Crippen LogP contribution < -0.4 is 10.9 Å². The highest BCUT2D eigenvalue weighted by Gasteiger charge is 2.19. The Balaban J connectivity index is 1.80. The summed E-state index contributed by atoms with van der Waals surface area (Å²) in [6.45, 7) is 4.08. The number of hydrogen-bond acceptors (Lipinski definition) is 3. The Morgan fingerprint density at radius 1 is 1.30 bits per heavy atom. The lowest BCUT2D eigenvalue weighted by Gasteiger charge is -2.09. The van der Waals surface area contributed by atoms with Crippen LogP contribution in [0.2, 0.25) is 0 Å². The predicted molar refractivity (Wildman–Crippen MR) is 80.6 cm³/mol. The van der Waals surface area contributed by atoms with Crippen molar-refractivity contribution in [1.29, 1.82) is 0 Å². The van der Waals surface area contributed by atoms with E-state index < -0.39 is 0 Å². The fraction of sp³-hybridized carbons (Fsp3) is 0.600. The molecule has 0 radical (unpaired) electrons. The number of aryl methyl sites for hydroxylation is 2. The van der Waals surface area contributed by atoms with E-state index in [-0.39, 0.29) is 11.8 Å². The molecule has 0 aliphatic heterocycles. The zero-order chi connectivity index (χ0) is 14.5. The van der Waals surface area contributed by atoms with E-state index in [1.807, 2.05) is 13.0 Å². The van der Waals surface area contributed by atoms with Crippen LogP contribution >= 0.6 is 11.3 Å². The summed E-state index contributed by atoms with van der Waals surface area (Å²) in [6.07, 6.45) is 6.15. The molecule has 4 nitrogen and oxygen atoms in total. The molecule has 0 atom stereocenters. The Morgan fingerprint density at radius 2 is 2.00 bits per heavy atom. The first kappa shape index (κ1) is 15.0. The van der Waals surface area contributed by atoms with Gasteiger partial charge in [-0.2, -0.15) is 0 Å². The maximum absolute atomic E-state index is 12.0. The molecule has 1 aromatic heterocycles. The highest BCUT2D eigenvalue weighted by molar-refractivity contribution is 7.14. The second-order valence-electron chi connectivity index (χ2n) is 5.43. The van der Waals surface area contributed by atoms with Crippen LogP contribution in [0.15, 0.2) is 6.07 Å². The number of hydrogen-bond donors (Lipinski definition) is 2. The van der Waals surface area contributed by atoms with Gasteiger partial charge in [-0.25, -0.2) is 0 Å². The van der Waals surface area contributed by atoms with Gasteiger partial charge < -0.3 is 0 Å². The van der Waals surface area contributed by atoms with Gasteiger partial charge in [0.05, 0.1) is 4.88 Å². The Bertz CT molecular complexity index is 490. The molecule has 0 saturated heterocycles. The van der Waals surface area contributed by atoms with Crippen molar-refractivity contribution in [2.24, 2.45) is 5.92 Å². The first-order valence-corrected chi connectivity index (χ1v) is 8.10. The van der Waals surface area contributed by atoms with Crippen LogP contribution in [0.4, 0.5) is 0 Å². The molecule has 20 heavy (non-hydrogen) atoms. The number of thiophene rings is 1. The van der Waals surface area contributed by atoms with Crippen LogP contribution in [0.1, 0.15) is 59.1 Å². The van der Waals surface area contributed by atoms with E-state index in [4.69, 9.17) is 0 Å². The number of amides is 2. The molecule has 1 aliphatic carbocycles. The van der Waals surface area contributed by atoms with Crippen molar-refractivity contribution in [3.63, 3.8) is 0 Å². The summed E-state index contributed by atoms with van der Waals surface area (Å²) < 4.78 is 0. The minimum absolute atomic E-state index is 0.0887. The van der Waals surface area contributed by atoms with Crippen molar-refractivity contribution in [2.75, 3.05) is 0 Å². The highest BCUT2D eigenvalue weighted by atomic mass is 32.1. The predicted octanol–water partition coefficient (Wildman–Crippen LogP) is 2.96. The second kappa shape index (κ2) is 6.88. The summed E-state index contributed by atoms with van der Waals surface area (Å²) in [4.78, 5) is 25.6. The Morgan fingerprint density at radius 3 is 2.60 bits per heavy atom. The molecule has 0 spiro atoms. The summed E-state index contributed by atoms with van der Waals surface area (Å²) >= 11 is 1.49. The Hall–Kier alpha value is -1.36. The molecule has 2 N–H and O–H groups in total. The number of nitrogens with one attached hydrogen (secondary N) is 2. The van der Waals surface area contributed by atoms with E-state index in [9.17, 15) is 9.59 Å². The van der Waals surface area contributed by atoms with Gasteiger partial charge in [-0.1, -0.05) is 19.8 Å². The van der Waals surface area contributed by atoms with Crippen LogP contribution in [-0.2, 0) is 11.2 Å². The van der Waals surface area contributed by atoms with Crippen LogP contribution in [-0.4, -0.2) is 11.8 Å². The molecule has 1 saturated carbocycles. The van der Waals surface area contributed by atoms with Crippen LogP contribution in [0, 0.1) is 12.8 Å². The van der Waals surface area contributed by atoms with E-state index in [1.54, 1.807) is 0 Å². The molecule has 1 aliphatic rings. The van der Waals surface area contributed by atoms with Gasteiger partial charge in [-0.15, -0.1) is 11.3 Å². The van der Waals surface area contributed by atoms with E-state index in [2.05, 4.69) is 17.8 Å². The van der Waals surface area contributed by atoms with E-state index >= 15 is 0 Å². The average molecular weight is 294 g/mol. The zero-order valence-electron chi connectivity index (χ0n) is 12.1. The molecule has 0 bridgehead atoms. The van der Waals surface area contributed by atoms with Gasteiger partial charge in [0.15, 0.2) is 0 Å². The third-order valence-electron chi connectivity index (χ3n) is 3.83. The lowest BCUT2D eigenvalue weighted by molar-refractivity contribution is -0.122. The standard InChI is InChI=1S/C15H22N2O2S/c1-3-12-10(2)8-13(20-12)15(19)17-16-14(18)9-11-6-4-5-7-11/h8,11H,3-7,9H2,1-2H3,(H,16,18)(H,17,19). The SMILES string of the molecule is CCc1sc(C(=O)NNC(=O)CC2CCCC2)cc1C. The fourth-order valence-corrected chi connectivity index (χ4v) is 3.71. The minimum atomic E-state index is -0.224. The first-order valence-electron chi connectivity index (χ1n) is 7.28. The second-order valence-corrected chi connectivity index (χ2v) is 6.56. The normalized spacial score (nSPS) is 15.3. The van der Waals surface area contributed by atoms with E-state index in [0.717, 1.165) is 24.8 Å². The number of carbonyl (C=O) groups excluding carboxylic acids is 2. The summed E-state index contributed by atoms with van der Waals surface area (Å²) in [5, 5.41) is 0. The number of carbonyl (C=O) groups is 2. The van der Waals surface area contributed by atoms with Gasteiger partial charge >= 0.3 is 0 Å². The van der Waals surface area contributed by atoms with Gasteiger partial charge in [0.2, 0.25) is 5.91 Å². The smallest absolute Gasteiger partial charge is 0.273 e. The maximum atomic E-state index is 12.0. The molecule has 1 heterocycles. The van der Waals surface area contributed by atoms with Gasteiger partial charge in [0.25, 0.3) is 5.91 Å². The van der Waals surface area contributed by atoms with Crippen LogP contribution in [0.25, 0.3) is 0 Å². The quantitative estimate of drug-likeness (QED) is 0.839. The van der Waals surface area contributed by atoms with Crippen molar-refractivity contribution >= 4 is 23.2 Å². The van der Waals surface area contributed by atoms with Crippen molar-refractivity contribution in [3.8, 4) is 0 Å². The monoisotopic (exact) mass is 294 g/mol.